The molecule has 27 heavy (non-hydrogen) atoms. The van der Waals surface area contributed by atoms with Gasteiger partial charge in [0.15, 0.2) is 0 Å². The molecule has 1 atom stereocenters. The van der Waals surface area contributed by atoms with Crippen molar-refractivity contribution in [2.75, 3.05) is 29.9 Å². The van der Waals surface area contributed by atoms with E-state index in [0.29, 0.717) is 0 Å². The Morgan fingerprint density at radius 2 is 2.04 bits per heavy atom. The van der Waals surface area contributed by atoms with Gasteiger partial charge in [-0.05, 0) is 43.0 Å². The van der Waals surface area contributed by atoms with Gasteiger partial charge in [0.05, 0.1) is 11.2 Å². The molecular formula is C21H24N4OS. The predicted octanol–water partition coefficient (Wildman–Crippen LogP) is 4.09. The van der Waals surface area contributed by atoms with E-state index in [1.165, 1.54) is 0 Å². The first kappa shape index (κ1) is 16.8. The molecule has 4 heterocycles. The number of pyridine rings is 1. The summed E-state index contributed by atoms with van der Waals surface area (Å²) >= 11 is 1.55. The highest BCUT2D eigenvalue weighted by molar-refractivity contribution is 7.21. The van der Waals surface area contributed by atoms with Crippen molar-refractivity contribution in [3.05, 3.63) is 29.1 Å². The summed E-state index contributed by atoms with van der Waals surface area (Å²) in [6, 6.07) is 8.59. The molecule has 5 rings (SSSR count). The number of carbonyl (C=O) groups is 1. The second-order valence-electron chi connectivity index (χ2n) is 8.15. The standard InChI is InChI=1S/C21H24N4OS/c1-11(2)13-9-25(10-13)17-7-4-14-15(24-17)5-6-16-18(14)19-20(27-16)21(26)23-12(3)8-22-19/h4-7,11-13,22H,8-10H2,1-3H3,(H,23,26)/t12-/m1/s1. The second kappa shape index (κ2) is 6.09. The van der Waals surface area contributed by atoms with Gasteiger partial charge in [0.25, 0.3) is 5.91 Å². The zero-order valence-corrected chi connectivity index (χ0v) is 16.7. The molecular weight excluding hydrogens is 356 g/mol. The zero-order chi connectivity index (χ0) is 18.7. The molecule has 140 valence electrons. The van der Waals surface area contributed by atoms with E-state index in [1.54, 1.807) is 11.3 Å². The van der Waals surface area contributed by atoms with Crippen LogP contribution >= 0.6 is 11.3 Å². The second-order valence-corrected chi connectivity index (χ2v) is 9.20. The molecule has 0 spiro atoms. The number of hydrogen-bond acceptors (Lipinski definition) is 5. The molecule has 1 saturated heterocycles. The summed E-state index contributed by atoms with van der Waals surface area (Å²) in [5.74, 6) is 2.56. The van der Waals surface area contributed by atoms with Crippen LogP contribution in [-0.2, 0) is 0 Å². The van der Waals surface area contributed by atoms with Crippen molar-refractivity contribution < 1.29 is 4.79 Å². The van der Waals surface area contributed by atoms with Gasteiger partial charge in [-0.2, -0.15) is 0 Å². The third kappa shape index (κ3) is 2.65. The van der Waals surface area contributed by atoms with Crippen molar-refractivity contribution in [3.63, 3.8) is 0 Å². The lowest BCUT2D eigenvalue weighted by Crippen LogP contribution is -2.49. The highest BCUT2D eigenvalue weighted by Gasteiger charge is 2.30. The van der Waals surface area contributed by atoms with Gasteiger partial charge >= 0.3 is 0 Å². The molecule has 1 amide bonds. The van der Waals surface area contributed by atoms with E-state index in [1.807, 2.05) is 6.92 Å². The Kier molecular flexibility index (Phi) is 3.79. The summed E-state index contributed by atoms with van der Waals surface area (Å²) in [7, 11) is 0. The number of amides is 1. The molecule has 0 unspecified atom stereocenters. The van der Waals surface area contributed by atoms with Gasteiger partial charge in [-0.25, -0.2) is 4.98 Å². The maximum atomic E-state index is 12.5. The molecule has 2 aliphatic rings. The van der Waals surface area contributed by atoms with Crippen LogP contribution in [-0.4, -0.2) is 36.6 Å². The molecule has 2 aliphatic heterocycles. The molecule has 1 aromatic carbocycles. The summed E-state index contributed by atoms with van der Waals surface area (Å²) in [5, 5.41) is 8.77. The highest BCUT2D eigenvalue weighted by atomic mass is 32.1. The van der Waals surface area contributed by atoms with Gasteiger partial charge in [-0.1, -0.05) is 13.8 Å². The summed E-state index contributed by atoms with van der Waals surface area (Å²) in [6.45, 7) is 9.51. The van der Waals surface area contributed by atoms with Crippen LogP contribution in [0.3, 0.4) is 0 Å². The largest absolute Gasteiger partial charge is 0.381 e. The quantitative estimate of drug-likeness (QED) is 0.703. The molecule has 0 saturated carbocycles. The Bertz CT molecular complexity index is 1050. The smallest absolute Gasteiger partial charge is 0.263 e. The molecule has 2 aromatic heterocycles. The number of rotatable bonds is 2. The SMILES string of the molecule is CC(C)C1CN(c2ccc3c(ccc4sc5c(c43)NC[C@@H](C)NC5=O)n2)C1. The Morgan fingerprint density at radius 3 is 2.81 bits per heavy atom. The number of nitrogens with zero attached hydrogens (tertiary/aromatic N) is 2. The van der Waals surface area contributed by atoms with Crippen molar-refractivity contribution in [2.24, 2.45) is 11.8 Å². The van der Waals surface area contributed by atoms with Crippen molar-refractivity contribution in [1.29, 1.82) is 0 Å². The molecule has 2 N–H and O–H groups in total. The number of thiophene rings is 1. The van der Waals surface area contributed by atoms with Gasteiger partial charge in [0.2, 0.25) is 0 Å². The third-order valence-electron chi connectivity index (χ3n) is 5.85. The van der Waals surface area contributed by atoms with Gasteiger partial charge in [0, 0.05) is 41.1 Å². The zero-order valence-electron chi connectivity index (χ0n) is 15.9. The lowest BCUT2D eigenvalue weighted by molar-refractivity contribution is 0.0949. The fourth-order valence-electron chi connectivity index (χ4n) is 4.01. The topological polar surface area (TPSA) is 57.3 Å². The van der Waals surface area contributed by atoms with Crippen LogP contribution in [0.4, 0.5) is 11.5 Å². The lowest BCUT2D eigenvalue weighted by atomic mass is 9.88. The number of hydrogen-bond donors (Lipinski definition) is 2. The minimum atomic E-state index is 0.0155. The van der Waals surface area contributed by atoms with E-state index in [-0.39, 0.29) is 11.9 Å². The van der Waals surface area contributed by atoms with E-state index in [2.05, 4.69) is 53.6 Å². The third-order valence-corrected chi connectivity index (χ3v) is 7.01. The number of benzene rings is 1. The maximum absolute atomic E-state index is 12.5. The average Bonchev–Trinajstić information content (AvgIpc) is 2.90. The van der Waals surface area contributed by atoms with Crippen LogP contribution in [0, 0.1) is 11.8 Å². The monoisotopic (exact) mass is 380 g/mol. The summed E-state index contributed by atoms with van der Waals surface area (Å²) < 4.78 is 1.13. The molecule has 0 aliphatic carbocycles. The Morgan fingerprint density at radius 1 is 1.22 bits per heavy atom. The minimum absolute atomic E-state index is 0.0155. The van der Waals surface area contributed by atoms with Crippen molar-refractivity contribution in [2.45, 2.75) is 26.8 Å². The summed E-state index contributed by atoms with van der Waals surface area (Å²) in [4.78, 5) is 20.6. The van der Waals surface area contributed by atoms with Gasteiger partial charge in [-0.15, -0.1) is 11.3 Å². The Balaban J connectivity index is 1.58. The lowest BCUT2D eigenvalue weighted by Gasteiger charge is -2.42. The highest BCUT2D eigenvalue weighted by Crippen LogP contribution is 2.41. The van der Waals surface area contributed by atoms with Crippen LogP contribution in [0.2, 0.25) is 0 Å². The fraction of sp³-hybridized carbons (Fsp3) is 0.429. The van der Waals surface area contributed by atoms with E-state index < -0.39 is 0 Å². The molecule has 5 nitrogen and oxygen atoms in total. The Labute approximate surface area is 162 Å². The maximum Gasteiger partial charge on any atom is 0.263 e. The predicted molar refractivity (Wildman–Crippen MR) is 113 cm³/mol. The van der Waals surface area contributed by atoms with Crippen molar-refractivity contribution >= 4 is 49.7 Å². The molecule has 1 fully saturated rings. The molecule has 3 aromatic rings. The number of nitrogens with one attached hydrogen (secondary N) is 2. The first-order valence-corrected chi connectivity index (χ1v) is 10.5. The molecule has 6 heteroatoms. The number of fused-ring (bicyclic) bond motifs is 5. The normalized spacial score (nSPS) is 20.4. The molecule has 0 bridgehead atoms. The van der Waals surface area contributed by atoms with Gasteiger partial charge in [-0.3, -0.25) is 4.79 Å². The van der Waals surface area contributed by atoms with Crippen LogP contribution < -0.4 is 15.5 Å². The summed E-state index contributed by atoms with van der Waals surface area (Å²) in [5.41, 5.74) is 1.95. The van der Waals surface area contributed by atoms with Gasteiger partial charge in [0.1, 0.15) is 10.7 Å². The number of carbonyl (C=O) groups excluding carboxylic acids is 1. The van der Waals surface area contributed by atoms with Crippen molar-refractivity contribution in [3.8, 4) is 0 Å². The average molecular weight is 381 g/mol. The van der Waals surface area contributed by atoms with E-state index >= 15 is 0 Å². The molecule has 0 radical (unpaired) electrons. The first-order chi connectivity index (χ1) is 13.0. The Hall–Kier alpha value is -2.34. The first-order valence-electron chi connectivity index (χ1n) is 9.67. The van der Waals surface area contributed by atoms with E-state index in [0.717, 1.165) is 68.8 Å². The minimum Gasteiger partial charge on any atom is -0.381 e. The fourth-order valence-corrected chi connectivity index (χ4v) is 5.11. The van der Waals surface area contributed by atoms with E-state index in [9.17, 15) is 4.79 Å². The van der Waals surface area contributed by atoms with Crippen LogP contribution in [0.25, 0.3) is 21.0 Å². The van der Waals surface area contributed by atoms with Crippen molar-refractivity contribution in [1.82, 2.24) is 10.3 Å². The van der Waals surface area contributed by atoms with E-state index in [4.69, 9.17) is 4.98 Å². The summed E-state index contributed by atoms with van der Waals surface area (Å²) in [6.07, 6.45) is 0. The van der Waals surface area contributed by atoms with Crippen LogP contribution in [0.5, 0.6) is 0 Å². The number of aromatic nitrogens is 1. The number of anilines is 2. The van der Waals surface area contributed by atoms with Crippen LogP contribution in [0.15, 0.2) is 24.3 Å². The van der Waals surface area contributed by atoms with Gasteiger partial charge < -0.3 is 15.5 Å². The van der Waals surface area contributed by atoms with Crippen LogP contribution in [0.1, 0.15) is 30.4 Å².